The van der Waals surface area contributed by atoms with Crippen LogP contribution >= 0.6 is 15.9 Å². The van der Waals surface area contributed by atoms with E-state index in [-0.39, 0.29) is 6.04 Å². The molecule has 16 heavy (non-hydrogen) atoms. The molecule has 0 saturated heterocycles. The van der Waals surface area contributed by atoms with E-state index in [9.17, 15) is 0 Å². The first-order valence-electron chi connectivity index (χ1n) is 5.27. The lowest BCUT2D eigenvalue weighted by molar-refractivity contribution is 0.430. The van der Waals surface area contributed by atoms with Gasteiger partial charge in [0.1, 0.15) is 5.76 Å². The predicted molar refractivity (Wildman–Crippen MR) is 68.1 cm³/mol. The molecule has 0 unspecified atom stereocenters. The van der Waals surface area contributed by atoms with Crippen molar-refractivity contribution in [2.45, 2.75) is 19.5 Å². The molecule has 0 aliphatic carbocycles. The number of hydrogen-bond donors (Lipinski definition) is 1. The summed E-state index contributed by atoms with van der Waals surface area (Å²) in [5.41, 5.74) is 1.26. The quantitative estimate of drug-likeness (QED) is 0.919. The first-order valence-corrected chi connectivity index (χ1v) is 6.06. The van der Waals surface area contributed by atoms with Gasteiger partial charge >= 0.3 is 0 Å². The van der Waals surface area contributed by atoms with Crippen molar-refractivity contribution in [2.24, 2.45) is 0 Å². The van der Waals surface area contributed by atoms with Crippen LogP contribution in [0.4, 0.5) is 0 Å². The molecule has 2 rings (SSSR count). The molecule has 1 heterocycles. The van der Waals surface area contributed by atoms with Crippen LogP contribution in [-0.4, -0.2) is 0 Å². The molecule has 1 N–H and O–H groups in total. The largest absolute Gasteiger partial charge is 0.468 e. The second kappa shape index (κ2) is 5.32. The van der Waals surface area contributed by atoms with Crippen molar-refractivity contribution in [3.8, 4) is 0 Å². The topological polar surface area (TPSA) is 25.2 Å². The zero-order valence-electron chi connectivity index (χ0n) is 9.11. The van der Waals surface area contributed by atoms with Gasteiger partial charge in [0.05, 0.1) is 12.3 Å². The van der Waals surface area contributed by atoms with Gasteiger partial charge < -0.3 is 9.73 Å². The van der Waals surface area contributed by atoms with E-state index in [1.165, 1.54) is 5.56 Å². The van der Waals surface area contributed by atoms with Crippen LogP contribution in [0.25, 0.3) is 0 Å². The molecular formula is C13H14BrNO. The van der Waals surface area contributed by atoms with Crippen LogP contribution in [0.5, 0.6) is 0 Å². The lowest BCUT2D eigenvalue weighted by atomic mass is 10.2. The van der Waals surface area contributed by atoms with E-state index in [0.29, 0.717) is 0 Å². The van der Waals surface area contributed by atoms with E-state index in [2.05, 4.69) is 40.3 Å². The molecule has 84 valence electrons. The van der Waals surface area contributed by atoms with Gasteiger partial charge in [0.15, 0.2) is 0 Å². The van der Waals surface area contributed by atoms with Crippen LogP contribution in [0.2, 0.25) is 0 Å². The van der Waals surface area contributed by atoms with Gasteiger partial charge in [0, 0.05) is 11.0 Å². The summed E-state index contributed by atoms with van der Waals surface area (Å²) in [6, 6.07) is 12.4. The van der Waals surface area contributed by atoms with Gasteiger partial charge in [-0.1, -0.05) is 28.1 Å². The summed E-state index contributed by atoms with van der Waals surface area (Å²) in [4.78, 5) is 0. The van der Waals surface area contributed by atoms with Gasteiger partial charge in [0.2, 0.25) is 0 Å². The van der Waals surface area contributed by atoms with Crippen molar-refractivity contribution in [3.63, 3.8) is 0 Å². The van der Waals surface area contributed by atoms with E-state index < -0.39 is 0 Å². The molecule has 0 amide bonds. The standard InChI is InChI=1S/C13H14BrNO/c1-10(13-6-3-7-16-13)15-9-11-4-2-5-12(14)8-11/h2-8,10,15H,9H2,1H3/t10-/m1/s1. The molecule has 0 bridgehead atoms. The third-order valence-electron chi connectivity index (χ3n) is 2.47. The number of furan rings is 1. The fourth-order valence-electron chi connectivity index (χ4n) is 1.56. The highest BCUT2D eigenvalue weighted by Gasteiger charge is 2.06. The van der Waals surface area contributed by atoms with Crippen molar-refractivity contribution in [2.75, 3.05) is 0 Å². The Bertz CT molecular complexity index is 439. The minimum Gasteiger partial charge on any atom is -0.468 e. The average Bonchev–Trinajstić information content (AvgIpc) is 2.79. The Morgan fingerprint density at radius 1 is 1.31 bits per heavy atom. The number of benzene rings is 1. The molecule has 0 spiro atoms. The van der Waals surface area contributed by atoms with E-state index in [1.54, 1.807) is 6.26 Å². The number of rotatable bonds is 4. The number of nitrogens with one attached hydrogen (secondary N) is 1. The van der Waals surface area contributed by atoms with Crippen molar-refractivity contribution in [3.05, 3.63) is 58.5 Å². The van der Waals surface area contributed by atoms with Gasteiger partial charge in [-0.2, -0.15) is 0 Å². The Labute approximate surface area is 104 Å². The molecule has 0 fully saturated rings. The van der Waals surface area contributed by atoms with Gasteiger partial charge in [0.25, 0.3) is 0 Å². The highest BCUT2D eigenvalue weighted by atomic mass is 79.9. The maximum Gasteiger partial charge on any atom is 0.120 e. The molecule has 0 radical (unpaired) electrons. The summed E-state index contributed by atoms with van der Waals surface area (Å²) in [5, 5.41) is 3.41. The lowest BCUT2D eigenvalue weighted by Crippen LogP contribution is -2.17. The number of hydrogen-bond acceptors (Lipinski definition) is 2. The van der Waals surface area contributed by atoms with Gasteiger partial charge in [-0.05, 0) is 36.8 Å². The van der Waals surface area contributed by atoms with Crippen LogP contribution in [-0.2, 0) is 6.54 Å². The van der Waals surface area contributed by atoms with Crippen LogP contribution in [0.3, 0.4) is 0 Å². The maximum absolute atomic E-state index is 5.34. The van der Waals surface area contributed by atoms with Crippen LogP contribution in [0.1, 0.15) is 24.3 Å². The highest BCUT2D eigenvalue weighted by Crippen LogP contribution is 2.15. The zero-order valence-corrected chi connectivity index (χ0v) is 10.7. The van der Waals surface area contributed by atoms with Gasteiger partial charge in [-0.25, -0.2) is 0 Å². The Balaban J connectivity index is 1.92. The van der Waals surface area contributed by atoms with E-state index in [0.717, 1.165) is 16.8 Å². The van der Waals surface area contributed by atoms with Crippen LogP contribution in [0, 0.1) is 0 Å². The van der Waals surface area contributed by atoms with Crippen molar-refractivity contribution >= 4 is 15.9 Å². The molecular weight excluding hydrogens is 266 g/mol. The second-order valence-corrected chi connectivity index (χ2v) is 4.66. The van der Waals surface area contributed by atoms with Crippen LogP contribution < -0.4 is 5.32 Å². The third-order valence-corrected chi connectivity index (χ3v) is 2.96. The third kappa shape index (κ3) is 2.97. The summed E-state index contributed by atoms with van der Waals surface area (Å²) >= 11 is 3.46. The summed E-state index contributed by atoms with van der Waals surface area (Å²) < 4.78 is 6.44. The Morgan fingerprint density at radius 2 is 2.19 bits per heavy atom. The first kappa shape index (κ1) is 11.4. The first-order chi connectivity index (χ1) is 7.75. The fourth-order valence-corrected chi connectivity index (χ4v) is 2.00. The maximum atomic E-state index is 5.34. The molecule has 0 aliphatic heterocycles. The lowest BCUT2D eigenvalue weighted by Gasteiger charge is -2.11. The summed E-state index contributed by atoms with van der Waals surface area (Å²) in [6.45, 7) is 2.93. The molecule has 1 aromatic heterocycles. The highest BCUT2D eigenvalue weighted by molar-refractivity contribution is 9.10. The molecule has 1 atom stereocenters. The Hall–Kier alpha value is -1.06. The Morgan fingerprint density at radius 3 is 2.88 bits per heavy atom. The molecule has 0 aliphatic rings. The van der Waals surface area contributed by atoms with Crippen molar-refractivity contribution < 1.29 is 4.42 Å². The predicted octanol–water partition coefficient (Wildman–Crippen LogP) is 3.89. The monoisotopic (exact) mass is 279 g/mol. The van der Waals surface area contributed by atoms with Gasteiger partial charge in [-0.3, -0.25) is 0 Å². The van der Waals surface area contributed by atoms with E-state index in [1.807, 2.05) is 24.3 Å². The molecule has 2 nitrogen and oxygen atoms in total. The molecule has 3 heteroatoms. The van der Waals surface area contributed by atoms with E-state index in [4.69, 9.17) is 4.42 Å². The zero-order chi connectivity index (χ0) is 11.4. The number of halogens is 1. The summed E-state index contributed by atoms with van der Waals surface area (Å²) in [7, 11) is 0. The minimum atomic E-state index is 0.231. The molecule has 1 aromatic carbocycles. The van der Waals surface area contributed by atoms with Crippen molar-refractivity contribution in [1.82, 2.24) is 5.32 Å². The van der Waals surface area contributed by atoms with E-state index >= 15 is 0 Å². The Kier molecular flexibility index (Phi) is 3.80. The van der Waals surface area contributed by atoms with Crippen LogP contribution in [0.15, 0.2) is 51.6 Å². The minimum absolute atomic E-state index is 0.231. The van der Waals surface area contributed by atoms with Gasteiger partial charge in [-0.15, -0.1) is 0 Å². The fraction of sp³-hybridized carbons (Fsp3) is 0.231. The summed E-state index contributed by atoms with van der Waals surface area (Å²) in [6.07, 6.45) is 1.70. The van der Waals surface area contributed by atoms with Crippen molar-refractivity contribution in [1.29, 1.82) is 0 Å². The average molecular weight is 280 g/mol. The molecule has 0 saturated carbocycles. The SMILES string of the molecule is C[C@@H](NCc1cccc(Br)c1)c1ccco1. The second-order valence-electron chi connectivity index (χ2n) is 3.75. The normalized spacial score (nSPS) is 12.6. The molecule has 2 aromatic rings. The summed E-state index contributed by atoms with van der Waals surface area (Å²) in [5.74, 6) is 0.968. The smallest absolute Gasteiger partial charge is 0.120 e.